The van der Waals surface area contributed by atoms with Crippen LogP contribution < -0.4 is 10.2 Å². The summed E-state index contributed by atoms with van der Waals surface area (Å²) < 4.78 is 14.7. The Hall–Kier alpha value is -3.29. The molecule has 1 N–H and O–H groups in total. The van der Waals surface area contributed by atoms with Crippen molar-refractivity contribution in [3.63, 3.8) is 0 Å². The molecule has 8 heteroatoms. The molecule has 2 aliphatic rings. The number of aliphatic imine (C=N–C) groups is 1. The minimum atomic E-state index is -1.37. The van der Waals surface area contributed by atoms with Crippen molar-refractivity contribution in [2.45, 2.75) is 52.1 Å². The summed E-state index contributed by atoms with van der Waals surface area (Å²) in [6, 6.07) is 5.78. The third-order valence-electron chi connectivity index (χ3n) is 5.06. The molecule has 0 aliphatic carbocycles. The molecule has 3 amide bonds. The predicted molar refractivity (Wildman–Crippen MR) is 117 cm³/mol. The van der Waals surface area contributed by atoms with Crippen LogP contribution in [0.3, 0.4) is 0 Å². The van der Waals surface area contributed by atoms with Crippen molar-refractivity contribution in [3.05, 3.63) is 54.0 Å². The van der Waals surface area contributed by atoms with Gasteiger partial charge in [-0.15, -0.1) is 0 Å². The van der Waals surface area contributed by atoms with Gasteiger partial charge in [0.1, 0.15) is 23.7 Å². The van der Waals surface area contributed by atoms with Crippen LogP contribution in [0.5, 0.6) is 0 Å². The number of halogens is 1. The van der Waals surface area contributed by atoms with E-state index in [1.807, 2.05) is 20.8 Å². The zero-order chi connectivity index (χ0) is 23.0. The van der Waals surface area contributed by atoms with E-state index < -0.39 is 34.6 Å². The van der Waals surface area contributed by atoms with Gasteiger partial charge in [-0.2, -0.15) is 4.99 Å². The Morgan fingerprint density at radius 3 is 2.61 bits per heavy atom. The van der Waals surface area contributed by atoms with E-state index in [9.17, 15) is 18.8 Å². The van der Waals surface area contributed by atoms with Gasteiger partial charge in [-0.25, -0.2) is 4.39 Å². The maximum Gasteiger partial charge on any atom is 0.254 e. The van der Waals surface area contributed by atoms with E-state index in [4.69, 9.17) is 0 Å². The lowest BCUT2D eigenvalue weighted by atomic mass is 9.89. The highest BCUT2D eigenvalue weighted by Crippen LogP contribution is 2.34. The number of benzene rings is 1. The zero-order valence-corrected chi connectivity index (χ0v) is 18.4. The smallest absolute Gasteiger partial charge is 0.254 e. The van der Waals surface area contributed by atoms with Crippen LogP contribution in [0.1, 0.15) is 41.0 Å². The first kappa shape index (κ1) is 22.4. The van der Waals surface area contributed by atoms with Gasteiger partial charge >= 0.3 is 0 Å². The van der Waals surface area contributed by atoms with Crippen LogP contribution in [-0.2, 0) is 14.4 Å². The van der Waals surface area contributed by atoms with Crippen molar-refractivity contribution < 1.29 is 18.8 Å². The highest BCUT2D eigenvalue weighted by atomic mass is 19.1. The van der Waals surface area contributed by atoms with Crippen LogP contribution in [0.2, 0.25) is 0 Å². The Morgan fingerprint density at radius 1 is 1.29 bits per heavy atom. The number of amides is 3. The second kappa shape index (κ2) is 8.09. The van der Waals surface area contributed by atoms with Gasteiger partial charge in [0.05, 0.1) is 12.1 Å². The lowest BCUT2D eigenvalue weighted by Gasteiger charge is -2.46. The average molecular weight is 426 g/mol. The van der Waals surface area contributed by atoms with E-state index in [1.165, 1.54) is 18.2 Å². The van der Waals surface area contributed by atoms with Gasteiger partial charge in [0.25, 0.3) is 11.8 Å². The van der Waals surface area contributed by atoms with Crippen LogP contribution in [0.4, 0.5) is 10.1 Å². The van der Waals surface area contributed by atoms with E-state index in [0.29, 0.717) is 5.84 Å². The molecule has 1 unspecified atom stereocenters. The molecule has 0 fully saturated rings. The lowest BCUT2D eigenvalue weighted by molar-refractivity contribution is -0.134. The highest BCUT2D eigenvalue weighted by molar-refractivity contribution is 6.13. The molecule has 3 rings (SSSR count). The van der Waals surface area contributed by atoms with Crippen molar-refractivity contribution in [1.82, 2.24) is 10.2 Å². The van der Waals surface area contributed by atoms with Gasteiger partial charge in [0, 0.05) is 11.2 Å². The van der Waals surface area contributed by atoms with Crippen molar-refractivity contribution in [3.8, 4) is 0 Å². The largest absolute Gasteiger partial charge is 0.350 e. The Balaban J connectivity index is 2.05. The molecular formula is C23H27FN4O3. The summed E-state index contributed by atoms with van der Waals surface area (Å²) in [7, 11) is 0. The summed E-state index contributed by atoms with van der Waals surface area (Å²) in [5.41, 5.74) is -1.20. The lowest BCUT2D eigenvalue weighted by Crippen LogP contribution is -2.63. The number of allylic oxidation sites excluding steroid dienone is 3. The predicted octanol–water partition coefficient (Wildman–Crippen LogP) is 2.94. The molecular weight excluding hydrogens is 399 g/mol. The highest BCUT2D eigenvalue weighted by Gasteiger charge is 2.49. The topological polar surface area (TPSA) is 82.1 Å². The number of nitrogens with zero attached hydrogens (tertiary/aromatic N) is 3. The molecule has 0 aromatic heterocycles. The van der Waals surface area contributed by atoms with Crippen molar-refractivity contribution in [2.24, 2.45) is 4.99 Å². The van der Waals surface area contributed by atoms with E-state index in [0.717, 1.165) is 10.6 Å². The molecule has 2 heterocycles. The number of nitrogens with one attached hydrogen (secondary N) is 1. The fourth-order valence-corrected chi connectivity index (χ4v) is 3.87. The molecule has 0 radical (unpaired) electrons. The third kappa shape index (κ3) is 4.57. The molecule has 164 valence electrons. The summed E-state index contributed by atoms with van der Waals surface area (Å²) in [6.07, 6.45) is 5.01. The summed E-state index contributed by atoms with van der Waals surface area (Å²) in [6.45, 7) is 8.49. The molecule has 7 nitrogen and oxygen atoms in total. The summed E-state index contributed by atoms with van der Waals surface area (Å²) in [4.78, 5) is 45.8. The van der Waals surface area contributed by atoms with E-state index in [2.05, 4.69) is 10.3 Å². The number of carbonyl (C=O) groups is 3. The molecule has 0 spiro atoms. The van der Waals surface area contributed by atoms with Crippen LogP contribution in [0.25, 0.3) is 0 Å². The summed E-state index contributed by atoms with van der Waals surface area (Å²) >= 11 is 0. The van der Waals surface area contributed by atoms with E-state index in [-0.39, 0.29) is 18.7 Å². The maximum absolute atomic E-state index is 14.7. The number of para-hydroxylation sites is 1. The number of amidine groups is 1. The maximum atomic E-state index is 14.7. The summed E-state index contributed by atoms with van der Waals surface area (Å²) in [5, 5.41) is 2.80. The molecule has 1 atom stereocenters. The number of anilines is 1. The monoisotopic (exact) mass is 426 g/mol. The van der Waals surface area contributed by atoms with Crippen molar-refractivity contribution >= 4 is 29.2 Å². The van der Waals surface area contributed by atoms with Crippen LogP contribution in [0, 0.1) is 5.82 Å². The molecule has 0 saturated carbocycles. The van der Waals surface area contributed by atoms with E-state index >= 15 is 0 Å². The SMILES string of the molecule is CC1=CC=CC2=NC(=O)CC(C)(C(=O)N(CC(=O)NC(C)(C)C)c3ccccc3F)N12. The Bertz CT molecular complexity index is 1020. The van der Waals surface area contributed by atoms with Gasteiger partial charge < -0.3 is 10.2 Å². The number of fused-ring (bicyclic) bond motifs is 1. The Labute approximate surface area is 181 Å². The number of hydrogen-bond donors (Lipinski definition) is 1. The van der Waals surface area contributed by atoms with Crippen molar-refractivity contribution in [2.75, 3.05) is 11.4 Å². The molecule has 1 aromatic rings. The van der Waals surface area contributed by atoms with Gasteiger partial charge in [-0.3, -0.25) is 19.3 Å². The van der Waals surface area contributed by atoms with Gasteiger partial charge in [0.2, 0.25) is 5.91 Å². The molecule has 2 aliphatic heterocycles. The fourth-order valence-electron chi connectivity index (χ4n) is 3.87. The van der Waals surface area contributed by atoms with Gasteiger partial charge in [-0.05, 0) is 58.9 Å². The Kier molecular flexibility index (Phi) is 5.85. The minimum absolute atomic E-state index is 0.0246. The van der Waals surface area contributed by atoms with Gasteiger partial charge in [-0.1, -0.05) is 18.2 Å². The Morgan fingerprint density at radius 2 is 1.97 bits per heavy atom. The molecule has 0 bridgehead atoms. The first-order valence-corrected chi connectivity index (χ1v) is 10.1. The molecule has 31 heavy (non-hydrogen) atoms. The first-order chi connectivity index (χ1) is 14.4. The second-order valence-electron chi connectivity index (χ2n) is 8.96. The number of rotatable bonds is 4. The number of carbonyl (C=O) groups excluding carboxylic acids is 3. The van der Waals surface area contributed by atoms with Crippen LogP contribution >= 0.6 is 0 Å². The second-order valence-corrected chi connectivity index (χ2v) is 8.96. The molecule has 0 saturated heterocycles. The fraction of sp³-hybridized carbons (Fsp3) is 0.391. The average Bonchev–Trinajstić information content (AvgIpc) is 2.64. The van der Waals surface area contributed by atoms with Gasteiger partial charge in [0.15, 0.2) is 0 Å². The van der Waals surface area contributed by atoms with Crippen LogP contribution in [0.15, 0.2) is 53.2 Å². The third-order valence-corrected chi connectivity index (χ3v) is 5.06. The standard InChI is InChI=1S/C23H27FN4O3/c1-15-9-8-12-18-25-19(29)13-23(5,28(15)18)21(31)27(14-20(30)26-22(2,3)4)17-11-7-6-10-16(17)24/h6-12H,13-14H2,1-5H3,(H,26,30). The normalized spacial score (nSPS) is 20.6. The first-order valence-electron chi connectivity index (χ1n) is 10.1. The van der Waals surface area contributed by atoms with E-state index in [1.54, 1.807) is 43.0 Å². The van der Waals surface area contributed by atoms with Crippen molar-refractivity contribution in [1.29, 1.82) is 0 Å². The minimum Gasteiger partial charge on any atom is -0.350 e. The molecule has 1 aromatic carbocycles. The van der Waals surface area contributed by atoms with Crippen LogP contribution in [-0.4, -0.2) is 46.1 Å². The zero-order valence-electron chi connectivity index (χ0n) is 18.4. The summed E-state index contributed by atoms with van der Waals surface area (Å²) in [5.74, 6) is -1.74. The quantitative estimate of drug-likeness (QED) is 0.803. The number of hydrogen-bond acceptors (Lipinski definition) is 4.